The van der Waals surface area contributed by atoms with E-state index in [2.05, 4.69) is 28.6 Å². The highest BCUT2D eigenvalue weighted by molar-refractivity contribution is 7.99. The fourth-order valence-electron chi connectivity index (χ4n) is 3.09. The zero-order valence-electron chi connectivity index (χ0n) is 14.5. The van der Waals surface area contributed by atoms with Crippen molar-refractivity contribution in [1.82, 2.24) is 19.3 Å². The molecule has 0 unspecified atom stereocenters. The van der Waals surface area contributed by atoms with Gasteiger partial charge < -0.3 is 4.57 Å². The summed E-state index contributed by atoms with van der Waals surface area (Å²) < 4.78 is 3.90. The van der Waals surface area contributed by atoms with E-state index in [1.54, 1.807) is 4.57 Å². The number of hydrogen-bond acceptors (Lipinski definition) is 4. The van der Waals surface area contributed by atoms with Crippen LogP contribution in [-0.2, 0) is 6.54 Å². The van der Waals surface area contributed by atoms with Crippen LogP contribution < -0.4 is 5.69 Å². The fraction of sp³-hybridized carbons (Fsp3) is 0.588. The lowest BCUT2D eigenvalue weighted by Gasteiger charge is -2.07. The van der Waals surface area contributed by atoms with Gasteiger partial charge in [0, 0.05) is 29.5 Å². The predicted molar refractivity (Wildman–Crippen MR) is 95.0 cm³/mol. The summed E-state index contributed by atoms with van der Waals surface area (Å²) in [6.45, 7) is 6.80. The molecule has 3 rings (SSSR count). The molecule has 130 valence electrons. The van der Waals surface area contributed by atoms with Gasteiger partial charge in [0.1, 0.15) is 0 Å². The van der Waals surface area contributed by atoms with Crippen molar-refractivity contribution in [2.75, 3.05) is 5.75 Å². The van der Waals surface area contributed by atoms with E-state index in [1.807, 2.05) is 13.0 Å². The van der Waals surface area contributed by atoms with E-state index < -0.39 is 0 Å². The lowest BCUT2D eigenvalue weighted by Crippen LogP contribution is -2.18. The van der Waals surface area contributed by atoms with Crippen molar-refractivity contribution < 1.29 is 4.79 Å². The third kappa shape index (κ3) is 3.36. The molecule has 0 amide bonds. The average molecular weight is 348 g/mol. The van der Waals surface area contributed by atoms with Gasteiger partial charge in [-0.25, -0.2) is 9.89 Å². The van der Waals surface area contributed by atoms with Crippen molar-refractivity contribution in [3.05, 3.63) is 33.5 Å². The molecule has 24 heavy (non-hydrogen) atoms. The third-order valence-electron chi connectivity index (χ3n) is 4.49. The Hall–Kier alpha value is -1.76. The van der Waals surface area contributed by atoms with E-state index in [0.29, 0.717) is 23.5 Å². The Morgan fingerprint density at radius 1 is 1.42 bits per heavy atom. The highest BCUT2D eigenvalue weighted by Gasteiger charge is 2.28. The Kier molecular flexibility index (Phi) is 4.99. The van der Waals surface area contributed by atoms with Crippen LogP contribution in [0.5, 0.6) is 0 Å². The second-order valence-corrected chi connectivity index (χ2v) is 7.36. The van der Waals surface area contributed by atoms with Gasteiger partial charge in [0.05, 0.1) is 5.75 Å². The van der Waals surface area contributed by atoms with E-state index in [0.717, 1.165) is 29.8 Å². The van der Waals surface area contributed by atoms with Gasteiger partial charge in [0.25, 0.3) is 0 Å². The zero-order chi connectivity index (χ0) is 17.3. The molecule has 1 fully saturated rings. The molecule has 1 aliphatic rings. The number of thioether (sulfide) groups is 1. The van der Waals surface area contributed by atoms with Crippen LogP contribution in [0.25, 0.3) is 0 Å². The number of carbonyl (C=O) groups excluding carboxylic acids is 1. The van der Waals surface area contributed by atoms with E-state index >= 15 is 0 Å². The van der Waals surface area contributed by atoms with Crippen molar-refractivity contribution in [3.63, 3.8) is 0 Å². The Labute approximate surface area is 145 Å². The van der Waals surface area contributed by atoms with Gasteiger partial charge in [-0.3, -0.25) is 9.36 Å². The van der Waals surface area contributed by atoms with Gasteiger partial charge in [0.15, 0.2) is 10.9 Å². The molecule has 0 saturated heterocycles. The standard InChI is InChI=1S/C17H24N4O2S/c1-4-5-8-20-16(23)18-19-17(20)24-10-15(22)14-9-11(2)21(12(14)3)13-6-7-13/h9,13H,4-8,10H2,1-3H3,(H,18,23). The molecule has 1 aliphatic carbocycles. The molecular weight excluding hydrogens is 324 g/mol. The number of nitrogens with zero attached hydrogens (tertiary/aromatic N) is 3. The number of aromatic amines is 1. The molecule has 0 bridgehead atoms. The van der Waals surface area contributed by atoms with Crippen LogP contribution in [-0.4, -0.2) is 30.9 Å². The maximum absolute atomic E-state index is 12.6. The van der Waals surface area contributed by atoms with E-state index in [4.69, 9.17) is 0 Å². The smallest absolute Gasteiger partial charge is 0.343 e. The number of aryl methyl sites for hydroxylation is 1. The highest BCUT2D eigenvalue weighted by Crippen LogP contribution is 2.38. The predicted octanol–water partition coefficient (Wildman–Crippen LogP) is 3.10. The average Bonchev–Trinajstić information content (AvgIpc) is 3.26. The maximum Gasteiger partial charge on any atom is 0.343 e. The van der Waals surface area contributed by atoms with E-state index in [9.17, 15) is 9.59 Å². The normalized spacial score (nSPS) is 14.3. The first kappa shape index (κ1) is 17.1. The van der Waals surface area contributed by atoms with Crippen LogP contribution in [0, 0.1) is 13.8 Å². The van der Waals surface area contributed by atoms with Crippen LogP contribution in [0.15, 0.2) is 16.0 Å². The summed E-state index contributed by atoms with van der Waals surface area (Å²) in [5, 5.41) is 7.12. The van der Waals surface area contributed by atoms with E-state index in [-0.39, 0.29) is 11.5 Å². The molecule has 1 N–H and O–H groups in total. The second kappa shape index (κ2) is 7.01. The first-order valence-corrected chi connectivity index (χ1v) is 9.51. The van der Waals surface area contributed by atoms with Crippen LogP contribution >= 0.6 is 11.8 Å². The largest absolute Gasteiger partial charge is 0.345 e. The number of aromatic nitrogens is 4. The molecule has 7 heteroatoms. The molecule has 0 spiro atoms. The number of H-pyrrole nitrogens is 1. The first-order chi connectivity index (χ1) is 11.5. The van der Waals surface area contributed by atoms with Crippen molar-refractivity contribution >= 4 is 17.5 Å². The summed E-state index contributed by atoms with van der Waals surface area (Å²) >= 11 is 1.33. The summed E-state index contributed by atoms with van der Waals surface area (Å²) in [5.41, 5.74) is 2.81. The maximum atomic E-state index is 12.6. The number of Topliss-reactive ketones (excluding diaryl/α,β-unsaturated/α-hetero) is 1. The van der Waals surface area contributed by atoms with Crippen LogP contribution in [0.3, 0.4) is 0 Å². The Balaban J connectivity index is 1.70. The van der Waals surface area contributed by atoms with Gasteiger partial charge in [-0.05, 0) is 39.2 Å². The number of hydrogen-bond donors (Lipinski definition) is 1. The fourth-order valence-corrected chi connectivity index (χ4v) is 3.94. The SMILES string of the molecule is CCCCn1c(SCC(=O)c2cc(C)n(C3CC3)c2C)n[nH]c1=O. The third-order valence-corrected chi connectivity index (χ3v) is 5.46. The van der Waals surface area contributed by atoms with Gasteiger partial charge in [-0.2, -0.15) is 0 Å². The Morgan fingerprint density at radius 3 is 2.83 bits per heavy atom. The van der Waals surface area contributed by atoms with Gasteiger partial charge in [0.2, 0.25) is 0 Å². The highest BCUT2D eigenvalue weighted by atomic mass is 32.2. The van der Waals surface area contributed by atoms with E-state index in [1.165, 1.54) is 24.6 Å². The zero-order valence-corrected chi connectivity index (χ0v) is 15.3. The number of ketones is 1. The lowest BCUT2D eigenvalue weighted by molar-refractivity contribution is 0.102. The molecule has 0 aliphatic heterocycles. The van der Waals surface area contributed by atoms with Crippen LogP contribution in [0.2, 0.25) is 0 Å². The number of carbonyl (C=O) groups is 1. The van der Waals surface area contributed by atoms with Gasteiger partial charge in [-0.1, -0.05) is 25.1 Å². The van der Waals surface area contributed by atoms with Gasteiger partial charge >= 0.3 is 5.69 Å². The molecule has 2 aromatic heterocycles. The van der Waals surface area contributed by atoms with Crippen molar-refractivity contribution in [3.8, 4) is 0 Å². The van der Waals surface area contributed by atoms with Crippen LogP contribution in [0.1, 0.15) is 60.4 Å². The topological polar surface area (TPSA) is 72.7 Å². The first-order valence-electron chi connectivity index (χ1n) is 8.52. The second-order valence-electron chi connectivity index (χ2n) is 6.41. The molecule has 6 nitrogen and oxygen atoms in total. The molecule has 0 radical (unpaired) electrons. The molecule has 1 saturated carbocycles. The number of rotatable bonds is 8. The van der Waals surface area contributed by atoms with Gasteiger partial charge in [-0.15, -0.1) is 5.10 Å². The minimum atomic E-state index is -0.203. The molecule has 0 aromatic carbocycles. The quantitative estimate of drug-likeness (QED) is 0.588. The minimum Gasteiger partial charge on any atom is -0.345 e. The Bertz CT molecular complexity index is 798. The van der Waals surface area contributed by atoms with Crippen molar-refractivity contribution in [2.24, 2.45) is 0 Å². The molecule has 2 aromatic rings. The number of unbranched alkanes of at least 4 members (excludes halogenated alkanes) is 1. The summed E-state index contributed by atoms with van der Waals surface area (Å²) in [6, 6.07) is 2.57. The summed E-state index contributed by atoms with van der Waals surface area (Å²) in [5.74, 6) is 0.392. The monoisotopic (exact) mass is 348 g/mol. The lowest BCUT2D eigenvalue weighted by atomic mass is 10.2. The minimum absolute atomic E-state index is 0.0949. The van der Waals surface area contributed by atoms with Crippen LogP contribution in [0.4, 0.5) is 0 Å². The molecule has 0 atom stereocenters. The summed E-state index contributed by atoms with van der Waals surface area (Å²) in [7, 11) is 0. The summed E-state index contributed by atoms with van der Waals surface area (Å²) in [4.78, 5) is 24.4. The van der Waals surface area contributed by atoms with Crippen molar-refractivity contribution in [2.45, 2.75) is 64.2 Å². The van der Waals surface area contributed by atoms with Crippen molar-refractivity contribution in [1.29, 1.82) is 0 Å². The molecule has 2 heterocycles. The Morgan fingerprint density at radius 2 is 2.17 bits per heavy atom. The number of nitrogens with one attached hydrogen (secondary N) is 1. The molecular formula is C17H24N4O2S. The summed E-state index contributed by atoms with van der Waals surface area (Å²) in [6.07, 6.45) is 4.34.